The molecule has 0 amide bonds. The zero-order valence-corrected chi connectivity index (χ0v) is 12.5. The van der Waals surface area contributed by atoms with E-state index >= 15 is 0 Å². The summed E-state index contributed by atoms with van der Waals surface area (Å²) < 4.78 is 5.52. The Bertz CT molecular complexity index is 286. The number of amidine groups is 1. The first-order valence-corrected chi connectivity index (χ1v) is 8.22. The molecule has 0 saturated heterocycles. The second kappa shape index (κ2) is 6.80. The van der Waals surface area contributed by atoms with Crippen molar-refractivity contribution < 1.29 is 4.74 Å². The molecule has 18 heavy (non-hydrogen) atoms. The fraction of sp³-hybridized carbons (Fsp3) is 0.929. The van der Waals surface area contributed by atoms with Gasteiger partial charge < -0.3 is 10.1 Å². The molecule has 0 aromatic carbocycles. The van der Waals surface area contributed by atoms with Gasteiger partial charge in [0, 0.05) is 18.8 Å². The van der Waals surface area contributed by atoms with Crippen molar-refractivity contribution in [1.29, 1.82) is 0 Å². The first-order valence-electron chi connectivity index (χ1n) is 7.23. The maximum absolute atomic E-state index is 5.52. The lowest BCUT2D eigenvalue weighted by molar-refractivity contribution is 0.0831. The standard InChI is InChI=1S/C14H26N2OS/c1-12(2)17-9-8-15-13-16-10-14(11-18-13)6-4-3-5-7-14/h12H,3-11H2,1-2H3,(H,15,16). The third kappa shape index (κ3) is 4.16. The molecule has 1 aliphatic heterocycles. The smallest absolute Gasteiger partial charge is 0.156 e. The van der Waals surface area contributed by atoms with E-state index in [1.54, 1.807) is 0 Å². The lowest BCUT2D eigenvalue weighted by Gasteiger charge is -2.38. The number of nitrogens with one attached hydrogen (secondary N) is 1. The summed E-state index contributed by atoms with van der Waals surface area (Å²) in [7, 11) is 0. The Morgan fingerprint density at radius 1 is 1.33 bits per heavy atom. The van der Waals surface area contributed by atoms with Crippen LogP contribution in [0.5, 0.6) is 0 Å². The molecular weight excluding hydrogens is 244 g/mol. The van der Waals surface area contributed by atoms with Gasteiger partial charge in [-0.1, -0.05) is 31.0 Å². The quantitative estimate of drug-likeness (QED) is 0.797. The number of thioether (sulfide) groups is 1. The predicted octanol–water partition coefficient (Wildman–Crippen LogP) is 3.05. The first-order chi connectivity index (χ1) is 8.70. The fourth-order valence-corrected chi connectivity index (χ4v) is 3.90. The van der Waals surface area contributed by atoms with Crippen LogP contribution in [0.25, 0.3) is 0 Å². The van der Waals surface area contributed by atoms with Crippen molar-refractivity contribution in [3.05, 3.63) is 0 Å². The molecule has 0 radical (unpaired) electrons. The molecule has 1 heterocycles. The van der Waals surface area contributed by atoms with E-state index in [-0.39, 0.29) is 0 Å². The van der Waals surface area contributed by atoms with Crippen LogP contribution >= 0.6 is 11.8 Å². The molecule has 1 N–H and O–H groups in total. The topological polar surface area (TPSA) is 33.6 Å². The van der Waals surface area contributed by atoms with Crippen LogP contribution in [0.3, 0.4) is 0 Å². The fourth-order valence-electron chi connectivity index (χ4n) is 2.72. The summed E-state index contributed by atoms with van der Waals surface area (Å²) in [4.78, 5) is 4.74. The minimum atomic E-state index is 0.318. The van der Waals surface area contributed by atoms with Gasteiger partial charge in [-0.05, 0) is 32.1 Å². The van der Waals surface area contributed by atoms with Crippen LogP contribution in [-0.4, -0.2) is 36.7 Å². The summed E-state index contributed by atoms with van der Waals surface area (Å²) in [5.41, 5.74) is 0.530. The molecule has 104 valence electrons. The highest BCUT2D eigenvalue weighted by atomic mass is 32.2. The Balaban J connectivity index is 1.69. The lowest BCUT2D eigenvalue weighted by atomic mass is 9.75. The van der Waals surface area contributed by atoms with Gasteiger partial charge in [0.2, 0.25) is 0 Å². The second-order valence-electron chi connectivity index (χ2n) is 5.82. The predicted molar refractivity (Wildman–Crippen MR) is 79.4 cm³/mol. The van der Waals surface area contributed by atoms with E-state index in [2.05, 4.69) is 19.2 Å². The molecule has 4 heteroatoms. The highest BCUT2D eigenvalue weighted by molar-refractivity contribution is 8.13. The van der Waals surface area contributed by atoms with Crippen molar-refractivity contribution in [3.8, 4) is 0 Å². The van der Waals surface area contributed by atoms with Gasteiger partial charge in [-0.15, -0.1) is 0 Å². The van der Waals surface area contributed by atoms with Crippen molar-refractivity contribution in [2.24, 2.45) is 10.4 Å². The maximum Gasteiger partial charge on any atom is 0.156 e. The van der Waals surface area contributed by atoms with Crippen molar-refractivity contribution in [1.82, 2.24) is 5.32 Å². The highest BCUT2D eigenvalue weighted by Gasteiger charge is 2.34. The summed E-state index contributed by atoms with van der Waals surface area (Å²) in [5.74, 6) is 1.25. The minimum Gasteiger partial charge on any atom is -0.377 e. The summed E-state index contributed by atoms with van der Waals surface area (Å²) in [5, 5.41) is 4.51. The number of ether oxygens (including phenoxy) is 1. The molecule has 1 fully saturated rings. The van der Waals surface area contributed by atoms with Gasteiger partial charge in [-0.3, -0.25) is 4.99 Å². The number of hydrogen-bond donors (Lipinski definition) is 1. The Kier molecular flexibility index (Phi) is 5.37. The normalized spacial score (nSPS) is 23.2. The van der Waals surface area contributed by atoms with Gasteiger partial charge in [-0.2, -0.15) is 0 Å². The van der Waals surface area contributed by atoms with Crippen LogP contribution < -0.4 is 5.32 Å². The largest absolute Gasteiger partial charge is 0.377 e. The molecule has 0 aromatic rings. The van der Waals surface area contributed by atoms with Gasteiger partial charge in [0.05, 0.1) is 12.7 Å². The Labute approximate surface area is 115 Å². The maximum atomic E-state index is 5.52. The van der Waals surface area contributed by atoms with E-state index in [1.165, 1.54) is 37.9 Å². The summed E-state index contributed by atoms with van der Waals surface area (Å²) in [6, 6.07) is 0. The average molecular weight is 270 g/mol. The lowest BCUT2D eigenvalue weighted by Crippen LogP contribution is -2.37. The third-order valence-corrected chi connectivity index (χ3v) is 5.12. The number of nitrogens with zero attached hydrogens (tertiary/aromatic N) is 1. The van der Waals surface area contributed by atoms with Crippen molar-refractivity contribution >= 4 is 16.9 Å². The number of rotatable bonds is 4. The van der Waals surface area contributed by atoms with Gasteiger partial charge in [0.15, 0.2) is 5.17 Å². The Hall–Kier alpha value is -0.220. The van der Waals surface area contributed by atoms with Gasteiger partial charge >= 0.3 is 0 Å². The summed E-state index contributed by atoms with van der Waals surface area (Å²) in [6.07, 6.45) is 7.31. The number of hydrogen-bond acceptors (Lipinski definition) is 4. The highest BCUT2D eigenvalue weighted by Crippen LogP contribution is 2.41. The Morgan fingerprint density at radius 2 is 2.11 bits per heavy atom. The van der Waals surface area contributed by atoms with Gasteiger partial charge in [0.1, 0.15) is 0 Å². The van der Waals surface area contributed by atoms with E-state index in [1.807, 2.05) is 11.8 Å². The molecule has 0 bridgehead atoms. The van der Waals surface area contributed by atoms with E-state index < -0.39 is 0 Å². The molecule has 3 nitrogen and oxygen atoms in total. The van der Waals surface area contributed by atoms with Crippen LogP contribution in [0.15, 0.2) is 4.99 Å². The van der Waals surface area contributed by atoms with Gasteiger partial charge in [0.25, 0.3) is 0 Å². The van der Waals surface area contributed by atoms with E-state index in [4.69, 9.17) is 9.73 Å². The van der Waals surface area contributed by atoms with Crippen molar-refractivity contribution in [2.45, 2.75) is 52.1 Å². The van der Waals surface area contributed by atoms with Crippen LogP contribution in [0.2, 0.25) is 0 Å². The van der Waals surface area contributed by atoms with Crippen molar-refractivity contribution in [3.63, 3.8) is 0 Å². The zero-order chi connectivity index (χ0) is 12.8. The Morgan fingerprint density at radius 3 is 2.72 bits per heavy atom. The summed E-state index contributed by atoms with van der Waals surface area (Å²) >= 11 is 1.91. The SMILES string of the molecule is CC(C)OCCNC1=NCC2(CCCCC2)CS1. The van der Waals surface area contributed by atoms with E-state index in [9.17, 15) is 0 Å². The van der Waals surface area contributed by atoms with Gasteiger partial charge in [-0.25, -0.2) is 0 Å². The van der Waals surface area contributed by atoms with Crippen LogP contribution in [-0.2, 0) is 4.74 Å². The molecule has 1 saturated carbocycles. The minimum absolute atomic E-state index is 0.318. The molecule has 2 aliphatic rings. The average Bonchev–Trinajstić information content (AvgIpc) is 2.38. The van der Waals surface area contributed by atoms with E-state index in [0.717, 1.165) is 24.9 Å². The third-order valence-electron chi connectivity index (χ3n) is 3.82. The van der Waals surface area contributed by atoms with Crippen molar-refractivity contribution in [2.75, 3.05) is 25.4 Å². The van der Waals surface area contributed by atoms with Crippen LogP contribution in [0.1, 0.15) is 46.0 Å². The molecule has 2 rings (SSSR count). The monoisotopic (exact) mass is 270 g/mol. The van der Waals surface area contributed by atoms with Crippen LogP contribution in [0.4, 0.5) is 0 Å². The molecule has 0 unspecified atom stereocenters. The second-order valence-corrected chi connectivity index (χ2v) is 6.78. The first kappa shape index (κ1) is 14.2. The number of aliphatic imine (C=N–C) groups is 1. The molecular formula is C14H26N2OS. The molecule has 0 aromatic heterocycles. The zero-order valence-electron chi connectivity index (χ0n) is 11.7. The van der Waals surface area contributed by atoms with Crippen LogP contribution in [0, 0.1) is 5.41 Å². The summed E-state index contributed by atoms with van der Waals surface area (Å²) in [6.45, 7) is 6.81. The molecule has 1 aliphatic carbocycles. The van der Waals surface area contributed by atoms with E-state index in [0.29, 0.717) is 11.5 Å². The molecule has 1 spiro atoms. The molecule has 0 atom stereocenters.